The molecule has 3 heterocycles. The molecule has 0 radical (unpaired) electrons. The Morgan fingerprint density at radius 2 is 1.63 bits per heavy atom. The first-order valence-corrected chi connectivity index (χ1v) is 11.6. The number of rotatable bonds is 3. The Bertz CT molecular complexity index is 1210. The summed E-state index contributed by atoms with van der Waals surface area (Å²) in [4.78, 5) is 12.6. The summed E-state index contributed by atoms with van der Waals surface area (Å²) in [5, 5.41) is 6.41. The minimum absolute atomic E-state index is 0.0114. The van der Waals surface area contributed by atoms with Gasteiger partial charge >= 0.3 is 0 Å². The van der Waals surface area contributed by atoms with Crippen LogP contribution in [0.15, 0.2) is 84.0 Å². The standard InChI is InChI=1S/C26H23N3S/c1-2-19-16-30-26-28-24(22-13-7-8-14-27-22)25(29(19)26)23-20-11-5-3-9-17(20)15-18-10-4-6-12-21(18)23/h3-15,19,24-25H,2,16H2,1H3/t19-,24-,25-/m1/s1. The molecule has 1 fully saturated rings. The fourth-order valence-corrected chi connectivity index (χ4v) is 6.37. The number of thioether (sulfide) groups is 1. The van der Waals surface area contributed by atoms with Gasteiger partial charge in [-0.1, -0.05) is 73.3 Å². The zero-order valence-electron chi connectivity index (χ0n) is 16.9. The van der Waals surface area contributed by atoms with E-state index in [2.05, 4.69) is 78.6 Å². The van der Waals surface area contributed by atoms with Crippen LogP contribution in [0.3, 0.4) is 0 Å². The van der Waals surface area contributed by atoms with Crippen LogP contribution in [-0.4, -0.2) is 26.8 Å². The lowest BCUT2D eigenvalue weighted by Crippen LogP contribution is -2.35. The maximum atomic E-state index is 5.23. The van der Waals surface area contributed by atoms with Gasteiger partial charge in [0.05, 0.1) is 11.7 Å². The molecule has 3 nitrogen and oxygen atoms in total. The summed E-state index contributed by atoms with van der Waals surface area (Å²) in [5.74, 6) is 1.11. The summed E-state index contributed by atoms with van der Waals surface area (Å²) in [7, 11) is 0. The van der Waals surface area contributed by atoms with E-state index in [-0.39, 0.29) is 12.1 Å². The number of benzene rings is 3. The third kappa shape index (κ3) is 2.67. The van der Waals surface area contributed by atoms with Gasteiger partial charge in [-0.15, -0.1) is 0 Å². The van der Waals surface area contributed by atoms with Crippen LogP contribution in [0.1, 0.15) is 36.7 Å². The number of hydrogen-bond donors (Lipinski definition) is 0. The van der Waals surface area contributed by atoms with Crippen molar-refractivity contribution in [3.05, 3.63) is 90.3 Å². The molecule has 3 aromatic carbocycles. The minimum Gasteiger partial charge on any atom is -0.338 e. The Morgan fingerprint density at radius 3 is 2.30 bits per heavy atom. The smallest absolute Gasteiger partial charge is 0.160 e. The molecule has 4 heteroatoms. The topological polar surface area (TPSA) is 28.5 Å². The molecule has 148 valence electrons. The molecule has 0 amide bonds. The molecule has 0 saturated carbocycles. The summed E-state index contributed by atoms with van der Waals surface area (Å²) in [6.07, 6.45) is 3.02. The SMILES string of the molecule is CC[C@@H]1CSC2=N[C@H](c3ccccn3)[C@@H](c3c4ccccc4cc4ccccc34)N21. The van der Waals surface area contributed by atoms with Gasteiger partial charge in [-0.2, -0.15) is 0 Å². The first-order chi connectivity index (χ1) is 14.8. The van der Waals surface area contributed by atoms with Crippen LogP contribution in [-0.2, 0) is 0 Å². The van der Waals surface area contributed by atoms with Crippen molar-refractivity contribution >= 4 is 38.5 Å². The molecule has 30 heavy (non-hydrogen) atoms. The molecular formula is C26H23N3S. The molecular weight excluding hydrogens is 386 g/mol. The molecule has 1 saturated heterocycles. The van der Waals surface area contributed by atoms with Crippen molar-refractivity contribution in [1.82, 2.24) is 9.88 Å². The molecule has 0 spiro atoms. The quantitative estimate of drug-likeness (QED) is 0.368. The summed E-state index contributed by atoms with van der Waals surface area (Å²) in [6.45, 7) is 2.29. The first kappa shape index (κ1) is 18.0. The molecule has 6 rings (SSSR count). The Kier molecular flexibility index (Phi) is 4.27. The molecule has 0 N–H and O–H groups in total. The van der Waals surface area contributed by atoms with E-state index < -0.39 is 0 Å². The second-order valence-corrected chi connectivity index (χ2v) is 9.06. The van der Waals surface area contributed by atoms with E-state index in [9.17, 15) is 0 Å². The number of pyridine rings is 1. The van der Waals surface area contributed by atoms with Gasteiger partial charge in [0.15, 0.2) is 5.17 Å². The van der Waals surface area contributed by atoms with Crippen LogP contribution >= 0.6 is 11.8 Å². The van der Waals surface area contributed by atoms with Crippen LogP contribution in [0.5, 0.6) is 0 Å². The van der Waals surface area contributed by atoms with Gasteiger partial charge in [0.2, 0.25) is 0 Å². The van der Waals surface area contributed by atoms with Crippen LogP contribution in [0.4, 0.5) is 0 Å². The summed E-state index contributed by atoms with van der Waals surface area (Å²) < 4.78 is 0. The highest BCUT2D eigenvalue weighted by Gasteiger charge is 2.46. The van der Waals surface area contributed by atoms with E-state index in [0.29, 0.717) is 6.04 Å². The molecule has 4 aromatic rings. The summed E-state index contributed by atoms with van der Waals surface area (Å²) in [5.41, 5.74) is 2.44. The van der Waals surface area contributed by atoms with E-state index in [4.69, 9.17) is 9.98 Å². The van der Waals surface area contributed by atoms with Gasteiger partial charge in [0.25, 0.3) is 0 Å². The van der Waals surface area contributed by atoms with Crippen molar-refractivity contribution in [2.75, 3.05) is 5.75 Å². The zero-order valence-corrected chi connectivity index (χ0v) is 17.7. The number of amidine groups is 1. The largest absolute Gasteiger partial charge is 0.338 e. The van der Waals surface area contributed by atoms with Crippen molar-refractivity contribution in [3.8, 4) is 0 Å². The molecule has 0 bridgehead atoms. The first-order valence-electron chi connectivity index (χ1n) is 10.7. The number of fused-ring (bicyclic) bond motifs is 3. The van der Waals surface area contributed by atoms with Crippen molar-refractivity contribution in [2.24, 2.45) is 4.99 Å². The summed E-state index contributed by atoms with van der Waals surface area (Å²) >= 11 is 1.90. The molecule has 0 unspecified atom stereocenters. The molecule has 2 aliphatic rings. The highest BCUT2D eigenvalue weighted by Crippen LogP contribution is 2.51. The Morgan fingerprint density at radius 1 is 0.933 bits per heavy atom. The van der Waals surface area contributed by atoms with E-state index in [1.165, 1.54) is 32.3 Å². The van der Waals surface area contributed by atoms with Crippen LogP contribution in [0, 0.1) is 0 Å². The highest BCUT2D eigenvalue weighted by molar-refractivity contribution is 8.14. The highest BCUT2D eigenvalue weighted by atomic mass is 32.2. The third-order valence-corrected chi connectivity index (χ3v) is 7.56. The van der Waals surface area contributed by atoms with Gasteiger partial charge < -0.3 is 4.90 Å². The maximum Gasteiger partial charge on any atom is 0.160 e. The van der Waals surface area contributed by atoms with Crippen molar-refractivity contribution in [3.63, 3.8) is 0 Å². The molecule has 1 aromatic heterocycles. The zero-order chi connectivity index (χ0) is 20.1. The fraction of sp³-hybridized carbons (Fsp3) is 0.231. The predicted molar refractivity (Wildman–Crippen MR) is 127 cm³/mol. The molecule has 2 aliphatic heterocycles. The average Bonchev–Trinajstić information content (AvgIpc) is 3.37. The Balaban J connectivity index is 1.66. The number of aliphatic imine (C=N–C) groups is 1. The lowest BCUT2D eigenvalue weighted by atomic mass is 9.87. The lowest BCUT2D eigenvalue weighted by Gasteiger charge is -2.33. The molecule has 0 aliphatic carbocycles. The second-order valence-electron chi connectivity index (χ2n) is 8.07. The van der Waals surface area contributed by atoms with E-state index in [0.717, 1.165) is 17.9 Å². The second kappa shape index (κ2) is 7.13. The van der Waals surface area contributed by atoms with E-state index in [1.54, 1.807) is 0 Å². The monoisotopic (exact) mass is 409 g/mol. The van der Waals surface area contributed by atoms with E-state index in [1.807, 2.05) is 24.0 Å². The van der Waals surface area contributed by atoms with Gasteiger partial charge in [-0.25, -0.2) is 0 Å². The van der Waals surface area contributed by atoms with Crippen molar-refractivity contribution in [2.45, 2.75) is 31.5 Å². The van der Waals surface area contributed by atoms with Gasteiger partial charge in [-0.3, -0.25) is 9.98 Å². The number of aromatic nitrogens is 1. The van der Waals surface area contributed by atoms with E-state index >= 15 is 0 Å². The van der Waals surface area contributed by atoms with Crippen LogP contribution in [0.25, 0.3) is 21.5 Å². The Hall–Kier alpha value is -2.85. The van der Waals surface area contributed by atoms with Gasteiger partial charge in [-0.05, 0) is 51.7 Å². The van der Waals surface area contributed by atoms with Crippen molar-refractivity contribution in [1.29, 1.82) is 0 Å². The average molecular weight is 410 g/mol. The van der Waals surface area contributed by atoms with Crippen LogP contribution < -0.4 is 0 Å². The molecule has 3 atom stereocenters. The maximum absolute atomic E-state index is 5.23. The van der Waals surface area contributed by atoms with Gasteiger partial charge in [0, 0.05) is 18.0 Å². The number of hydrogen-bond acceptors (Lipinski definition) is 4. The Labute approximate surface area is 180 Å². The lowest BCUT2D eigenvalue weighted by molar-refractivity contribution is 0.258. The van der Waals surface area contributed by atoms with Gasteiger partial charge in [0.1, 0.15) is 6.04 Å². The fourth-order valence-electron chi connectivity index (χ4n) is 5.03. The summed E-state index contributed by atoms with van der Waals surface area (Å²) in [6, 6.07) is 26.8. The van der Waals surface area contributed by atoms with Crippen LogP contribution in [0.2, 0.25) is 0 Å². The third-order valence-electron chi connectivity index (χ3n) is 6.44. The van der Waals surface area contributed by atoms with Crippen molar-refractivity contribution < 1.29 is 0 Å². The normalized spacial score (nSPS) is 23.2. The predicted octanol–water partition coefficient (Wildman–Crippen LogP) is 6.37. The minimum atomic E-state index is 0.0114. The number of nitrogens with zero attached hydrogens (tertiary/aromatic N) is 3.